The Kier molecular flexibility index (Phi) is 4.43. The Morgan fingerprint density at radius 1 is 0.857 bits per heavy atom. The summed E-state index contributed by atoms with van der Waals surface area (Å²) in [6.07, 6.45) is 7.15. The summed E-state index contributed by atoms with van der Waals surface area (Å²) in [7, 11) is 0. The van der Waals surface area contributed by atoms with Crippen LogP contribution >= 0.6 is 0 Å². The molecule has 0 N–H and O–H groups in total. The number of piperidine rings is 1. The molecule has 0 radical (unpaired) electrons. The van der Waals surface area contributed by atoms with Crippen molar-refractivity contribution >= 4 is 0 Å². The molecule has 0 bridgehead atoms. The van der Waals surface area contributed by atoms with Gasteiger partial charge in [0, 0.05) is 0 Å². The van der Waals surface area contributed by atoms with Gasteiger partial charge in [-0.2, -0.15) is 0 Å². The Labute approximate surface area is 90.1 Å². The first-order chi connectivity index (χ1) is 6.75. The maximum Gasteiger partial charge on any atom is 0.0889 e. The largest absolute Gasteiger partial charge is 0.319 e. The molecule has 1 nitrogen and oxygen atoms in total. The van der Waals surface area contributed by atoms with E-state index in [0.29, 0.717) is 0 Å². The van der Waals surface area contributed by atoms with Crippen LogP contribution in [-0.4, -0.2) is 29.7 Å². The van der Waals surface area contributed by atoms with Gasteiger partial charge in [-0.15, -0.1) is 0 Å². The van der Waals surface area contributed by atoms with E-state index in [1.165, 1.54) is 49.7 Å². The summed E-state index contributed by atoms with van der Waals surface area (Å²) in [5.41, 5.74) is 0. The molecule has 0 aromatic heterocycles. The SMILES string of the molecule is CCC1CCCC(CC)[N+]1(CC)CC. The van der Waals surface area contributed by atoms with Crippen molar-refractivity contribution in [3.8, 4) is 0 Å². The van der Waals surface area contributed by atoms with Crippen molar-refractivity contribution < 1.29 is 4.48 Å². The second kappa shape index (κ2) is 5.16. The van der Waals surface area contributed by atoms with Gasteiger partial charge in [-0.05, 0) is 46.0 Å². The molecule has 1 heteroatoms. The number of hydrogen-bond donors (Lipinski definition) is 0. The minimum Gasteiger partial charge on any atom is -0.319 e. The van der Waals surface area contributed by atoms with Gasteiger partial charge in [0.15, 0.2) is 0 Å². The van der Waals surface area contributed by atoms with Crippen LogP contribution in [0.5, 0.6) is 0 Å². The van der Waals surface area contributed by atoms with Crippen molar-refractivity contribution in [1.29, 1.82) is 0 Å². The van der Waals surface area contributed by atoms with Crippen molar-refractivity contribution in [2.45, 2.75) is 71.9 Å². The highest BCUT2D eigenvalue weighted by atomic mass is 15.4. The molecule has 2 unspecified atom stereocenters. The highest BCUT2D eigenvalue weighted by molar-refractivity contribution is 4.72. The van der Waals surface area contributed by atoms with Crippen LogP contribution in [0.4, 0.5) is 0 Å². The summed E-state index contributed by atoms with van der Waals surface area (Å²) in [5, 5.41) is 0. The van der Waals surface area contributed by atoms with E-state index in [4.69, 9.17) is 0 Å². The Balaban J connectivity index is 2.86. The van der Waals surface area contributed by atoms with Crippen molar-refractivity contribution in [1.82, 2.24) is 0 Å². The van der Waals surface area contributed by atoms with Gasteiger partial charge in [-0.3, -0.25) is 0 Å². The minimum atomic E-state index is 0.948. The Hall–Kier alpha value is -0.0400. The summed E-state index contributed by atoms with van der Waals surface area (Å²) in [4.78, 5) is 0. The molecule has 84 valence electrons. The number of nitrogens with zero attached hydrogens (tertiary/aromatic N) is 1. The molecule has 1 heterocycles. The fourth-order valence-electron chi connectivity index (χ4n) is 3.79. The number of quaternary nitrogens is 1. The van der Waals surface area contributed by atoms with Gasteiger partial charge >= 0.3 is 0 Å². The monoisotopic (exact) mass is 198 g/mol. The molecule has 0 aliphatic carbocycles. The lowest BCUT2D eigenvalue weighted by molar-refractivity contribution is -0.975. The van der Waals surface area contributed by atoms with E-state index in [2.05, 4.69) is 27.7 Å². The third kappa shape index (κ3) is 1.84. The van der Waals surface area contributed by atoms with Gasteiger partial charge in [0.2, 0.25) is 0 Å². The summed E-state index contributed by atoms with van der Waals surface area (Å²) in [6, 6.07) is 1.90. The molecule has 0 amide bonds. The van der Waals surface area contributed by atoms with E-state index in [1.54, 1.807) is 0 Å². The van der Waals surface area contributed by atoms with Crippen LogP contribution in [0, 0.1) is 0 Å². The van der Waals surface area contributed by atoms with Gasteiger partial charge < -0.3 is 4.48 Å². The molecular formula is C13H28N+. The first kappa shape index (κ1) is 12.0. The number of likely N-dealkylation sites (tertiary alicyclic amines) is 1. The van der Waals surface area contributed by atoms with Crippen molar-refractivity contribution in [3.63, 3.8) is 0 Å². The Morgan fingerprint density at radius 3 is 1.57 bits per heavy atom. The standard InChI is InChI=1S/C13H28N/c1-5-12-10-9-11-13(6-2)14(12,7-3)8-4/h12-13H,5-11H2,1-4H3/q+1. The second-order valence-corrected chi connectivity index (χ2v) is 4.79. The van der Waals surface area contributed by atoms with Gasteiger partial charge in [-0.25, -0.2) is 0 Å². The zero-order chi connectivity index (χ0) is 10.6. The van der Waals surface area contributed by atoms with Crippen LogP contribution in [0.1, 0.15) is 59.8 Å². The fourth-order valence-corrected chi connectivity index (χ4v) is 3.79. The lowest BCUT2D eigenvalue weighted by Gasteiger charge is -2.52. The Morgan fingerprint density at radius 2 is 1.29 bits per heavy atom. The molecule has 0 aromatic carbocycles. The number of hydrogen-bond acceptors (Lipinski definition) is 0. The third-order valence-corrected chi connectivity index (χ3v) is 4.65. The van der Waals surface area contributed by atoms with E-state index in [1.807, 2.05) is 0 Å². The maximum absolute atomic E-state index is 2.39. The van der Waals surface area contributed by atoms with Gasteiger partial charge in [0.05, 0.1) is 25.2 Å². The number of rotatable bonds is 4. The van der Waals surface area contributed by atoms with E-state index in [9.17, 15) is 0 Å². The topological polar surface area (TPSA) is 0 Å². The molecule has 0 saturated carbocycles. The normalized spacial score (nSPS) is 31.7. The van der Waals surface area contributed by atoms with Crippen LogP contribution in [-0.2, 0) is 0 Å². The minimum absolute atomic E-state index is 0.948. The van der Waals surface area contributed by atoms with Crippen molar-refractivity contribution in [2.24, 2.45) is 0 Å². The summed E-state index contributed by atoms with van der Waals surface area (Å²) < 4.78 is 1.41. The predicted octanol–water partition coefficient (Wildman–Crippen LogP) is 3.58. The third-order valence-electron chi connectivity index (χ3n) is 4.65. The fraction of sp³-hybridized carbons (Fsp3) is 1.00. The summed E-state index contributed by atoms with van der Waals surface area (Å²) >= 11 is 0. The van der Waals surface area contributed by atoms with Crippen molar-refractivity contribution in [3.05, 3.63) is 0 Å². The molecule has 1 rings (SSSR count). The van der Waals surface area contributed by atoms with Crippen molar-refractivity contribution in [2.75, 3.05) is 13.1 Å². The van der Waals surface area contributed by atoms with Crippen LogP contribution < -0.4 is 0 Å². The lowest BCUT2D eigenvalue weighted by atomic mass is 9.88. The smallest absolute Gasteiger partial charge is 0.0889 e. The zero-order valence-electron chi connectivity index (χ0n) is 10.6. The van der Waals surface area contributed by atoms with E-state index in [-0.39, 0.29) is 0 Å². The zero-order valence-corrected chi connectivity index (χ0v) is 10.6. The predicted molar refractivity (Wildman–Crippen MR) is 63.4 cm³/mol. The molecule has 14 heavy (non-hydrogen) atoms. The molecule has 0 spiro atoms. The van der Waals surface area contributed by atoms with Gasteiger partial charge in [-0.1, -0.05) is 13.8 Å². The highest BCUT2D eigenvalue weighted by Gasteiger charge is 2.41. The van der Waals surface area contributed by atoms with Gasteiger partial charge in [0.1, 0.15) is 0 Å². The molecule has 0 aromatic rings. The van der Waals surface area contributed by atoms with E-state index >= 15 is 0 Å². The first-order valence-corrected chi connectivity index (χ1v) is 6.61. The van der Waals surface area contributed by atoms with Crippen LogP contribution in [0.2, 0.25) is 0 Å². The average molecular weight is 198 g/mol. The molecular weight excluding hydrogens is 170 g/mol. The molecule has 1 fully saturated rings. The van der Waals surface area contributed by atoms with E-state index in [0.717, 1.165) is 12.1 Å². The lowest BCUT2D eigenvalue weighted by Crippen LogP contribution is -2.63. The first-order valence-electron chi connectivity index (χ1n) is 6.61. The summed E-state index contributed by atoms with van der Waals surface area (Å²) in [6.45, 7) is 12.2. The maximum atomic E-state index is 2.39. The van der Waals surface area contributed by atoms with Crippen LogP contribution in [0.15, 0.2) is 0 Å². The van der Waals surface area contributed by atoms with Crippen LogP contribution in [0.25, 0.3) is 0 Å². The molecule has 1 aliphatic heterocycles. The second-order valence-electron chi connectivity index (χ2n) is 4.79. The van der Waals surface area contributed by atoms with E-state index < -0.39 is 0 Å². The average Bonchev–Trinajstić information content (AvgIpc) is 2.27. The molecule has 1 aliphatic rings. The highest BCUT2D eigenvalue weighted by Crippen LogP contribution is 2.34. The Bertz CT molecular complexity index is 147. The molecule has 2 atom stereocenters. The van der Waals surface area contributed by atoms with Gasteiger partial charge in [0.25, 0.3) is 0 Å². The quantitative estimate of drug-likeness (QED) is 0.606. The van der Waals surface area contributed by atoms with Crippen LogP contribution in [0.3, 0.4) is 0 Å². The molecule has 1 saturated heterocycles. The summed E-state index contributed by atoms with van der Waals surface area (Å²) in [5.74, 6) is 0.